The van der Waals surface area contributed by atoms with Crippen LogP contribution in [0.15, 0.2) is 54.9 Å². The van der Waals surface area contributed by atoms with E-state index in [1.165, 1.54) is 25.9 Å². The van der Waals surface area contributed by atoms with Crippen molar-refractivity contribution < 1.29 is 4.79 Å². The Bertz CT molecular complexity index is 1040. The average molecular weight is 416 g/mol. The minimum atomic E-state index is 0.105. The maximum Gasteiger partial charge on any atom is 0.254 e. The highest BCUT2D eigenvalue weighted by atomic mass is 16.2. The zero-order chi connectivity index (χ0) is 21.0. The number of carbonyl (C=O) groups is 1. The molecule has 0 unspecified atom stereocenters. The van der Waals surface area contributed by atoms with E-state index in [-0.39, 0.29) is 5.91 Å². The van der Waals surface area contributed by atoms with Crippen LogP contribution in [0.5, 0.6) is 0 Å². The lowest BCUT2D eigenvalue weighted by molar-refractivity contribution is 0.0628. The maximum absolute atomic E-state index is 13.5. The number of nitrogens with zero attached hydrogens (tertiary/aromatic N) is 5. The van der Waals surface area contributed by atoms with Crippen LogP contribution in [0.25, 0.3) is 22.2 Å². The quantitative estimate of drug-likeness (QED) is 0.641. The SMILES string of the molecule is O=C(c1cc(-c2ccncc2)nc2ccccc12)N1CCN(CCN2CCCC2)CC1. The van der Waals surface area contributed by atoms with Gasteiger partial charge in [-0.05, 0) is 50.2 Å². The summed E-state index contributed by atoms with van der Waals surface area (Å²) in [7, 11) is 0. The molecule has 0 radical (unpaired) electrons. The summed E-state index contributed by atoms with van der Waals surface area (Å²) in [5, 5.41) is 0.918. The second-order valence-electron chi connectivity index (χ2n) is 8.49. The predicted molar refractivity (Wildman–Crippen MR) is 123 cm³/mol. The number of aromatic nitrogens is 2. The van der Waals surface area contributed by atoms with Crippen molar-refractivity contribution in [1.82, 2.24) is 24.7 Å². The highest BCUT2D eigenvalue weighted by Crippen LogP contribution is 2.26. The smallest absolute Gasteiger partial charge is 0.254 e. The molecule has 5 rings (SSSR count). The van der Waals surface area contributed by atoms with Gasteiger partial charge in [-0.2, -0.15) is 0 Å². The maximum atomic E-state index is 13.5. The summed E-state index contributed by atoms with van der Waals surface area (Å²) < 4.78 is 0. The predicted octanol–water partition coefficient (Wildman–Crippen LogP) is 3.15. The Morgan fingerprint density at radius 1 is 0.839 bits per heavy atom. The fraction of sp³-hybridized carbons (Fsp3) is 0.400. The average Bonchev–Trinajstić information content (AvgIpc) is 3.36. The molecule has 2 aliphatic heterocycles. The van der Waals surface area contributed by atoms with Crippen molar-refractivity contribution in [3.63, 3.8) is 0 Å². The van der Waals surface area contributed by atoms with Gasteiger partial charge in [-0.3, -0.25) is 14.7 Å². The van der Waals surface area contributed by atoms with E-state index < -0.39 is 0 Å². The third-order valence-corrected chi connectivity index (χ3v) is 6.51. The molecule has 6 heteroatoms. The number of pyridine rings is 2. The van der Waals surface area contributed by atoms with Crippen LogP contribution in [0.2, 0.25) is 0 Å². The third-order valence-electron chi connectivity index (χ3n) is 6.51. The molecule has 0 spiro atoms. The van der Waals surface area contributed by atoms with Gasteiger partial charge in [0.15, 0.2) is 0 Å². The van der Waals surface area contributed by atoms with Gasteiger partial charge < -0.3 is 9.80 Å². The Kier molecular flexibility index (Phi) is 5.91. The van der Waals surface area contributed by atoms with Gasteiger partial charge >= 0.3 is 0 Å². The summed E-state index contributed by atoms with van der Waals surface area (Å²) in [6.07, 6.45) is 6.19. The summed E-state index contributed by atoms with van der Waals surface area (Å²) in [5.41, 5.74) is 3.38. The summed E-state index contributed by atoms with van der Waals surface area (Å²) in [5.74, 6) is 0.105. The number of likely N-dealkylation sites (tertiary alicyclic amines) is 1. The van der Waals surface area contributed by atoms with E-state index in [9.17, 15) is 4.79 Å². The molecule has 0 atom stereocenters. The highest BCUT2D eigenvalue weighted by Gasteiger charge is 2.24. The fourth-order valence-corrected chi connectivity index (χ4v) is 4.66. The molecule has 1 aromatic carbocycles. The van der Waals surface area contributed by atoms with Crippen LogP contribution in [-0.2, 0) is 0 Å². The zero-order valence-corrected chi connectivity index (χ0v) is 17.9. The first kappa shape index (κ1) is 20.1. The standard InChI is InChI=1S/C25H29N5O/c31-25(30-17-15-29(16-18-30)14-13-28-11-3-4-12-28)22-19-24(20-7-9-26-10-8-20)27-23-6-2-1-5-21(22)23/h1-2,5-10,19H,3-4,11-18H2. The molecular weight excluding hydrogens is 386 g/mol. The lowest BCUT2D eigenvalue weighted by atomic mass is 10.0. The Morgan fingerprint density at radius 3 is 2.26 bits per heavy atom. The summed E-state index contributed by atoms with van der Waals surface area (Å²) in [4.78, 5) is 29.5. The second kappa shape index (κ2) is 9.12. The number of amides is 1. The van der Waals surface area contributed by atoms with Gasteiger partial charge in [0.25, 0.3) is 5.91 Å². The minimum Gasteiger partial charge on any atom is -0.336 e. The van der Waals surface area contributed by atoms with Crippen molar-refractivity contribution in [2.24, 2.45) is 0 Å². The molecule has 2 aliphatic rings. The van der Waals surface area contributed by atoms with Crippen LogP contribution < -0.4 is 0 Å². The molecule has 6 nitrogen and oxygen atoms in total. The van der Waals surface area contributed by atoms with Gasteiger partial charge in [0.05, 0.1) is 16.8 Å². The van der Waals surface area contributed by atoms with Gasteiger partial charge in [0, 0.05) is 62.6 Å². The molecule has 4 heterocycles. The first-order chi connectivity index (χ1) is 15.3. The summed E-state index contributed by atoms with van der Waals surface area (Å²) >= 11 is 0. The van der Waals surface area contributed by atoms with E-state index in [4.69, 9.17) is 4.98 Å². The van der Waals surface area contributed by atoms with E-state index >= 15 is 0 Å². The van der Waals surface area contributed by atoms with Crippen LogP contribution in [0.1, 0.15) is 23.2 Å². The van der Waals surface area contributed by atoms with E-state index in [0.29, 0.717) is 0 Å². The summed E-state index contributed by atoms with van der Waals surface area (Å²) in [6, 6.07) is 13.7. The number of fused-ring (bicyclic) bond motifs is 1. The number of hydrogen-bond donors (Lipinski definition) is 0. The van der Waals surface area contributed by atoms with Crippen molar-refractivity contribution in [1.29, 1.82) is 0 Å². The topological polar surface area (TPSA) is 52.6 Å². The first-order valence-electron chi connectivity index (χ1n) is 11.3. The van der Waals surface area contributed by atoms with Crippen LogP contribution >= 0.6 is 0 Å². The van der Waals surface area contributed by atoms with Crippen molar-refractivity contribution >= 4 is 16.8 Å². The van der Waals surface area contributed by atoms with Gasteiger partial charge in [0.2, 0.25) is 0 Å². The Labute approximate surface area is 183 Å². The monoisotopic (exact) mass is 415 g/mol. The first-order valence-corrected chi connectivity index (χ1v) is 11.3. The Hall–Kier alpha value is -2.83. The van der Waals surface area contributed by atoms with Gasteiger partial charge in [-0.25, -0.2) is 4.98 Å². The molecule has 160 valence electrons. The lowest BCUT2D eigenvalue weighted by Gasteiger charge is -2.35. The lowest BCUT2D eigenvalue weighted by Crippen LogP contribution is -2.50. The van der Waals surface area contributed by atoms with E-state index in [1.807, 2.05) is 47.4 Å². The van der Waals surface area contributed by atoms with Gasteiger partial charge in [-0.1, -0.05) is 18.2 Å². The highest BCUT2D eigenvalue weighted by molar-refractivity contribution is 6.07. The van der Waals surface area contributed by atoms with Crippen molar-refractivity contribution in [3.05, 3.63) is 60.4 Å². The van der Waals surface area contributed by atoms with Crippen LogP contribution in [0.3, 0.4) is 0 Å². The number of para-hydroxylation sites is 1. The molecule has 0 bridgehead atoms. The molecular formula is C25H29N5O. The van der Waals surface area contributed by atoms with Gasteiger partial charge in [0.1, 0.15) is 0 Å². The Balaban J connectivity index is 1.32. The normalized spacial score (nSPS) is 18.0. The van der Waals surface area contributed by atoms with Crippen LogP contribution in [-0.4, -0.2) is 82.9 Å². The molecule has 2 aromatic heterocycles. The van der Waals surface area contributed by atoms with Crippen molar-refractivity contribution in [2.45, 2.75) is 12.8 Å². The minimum absolute atomic E-state index is 0.105. The number of rotatable bonds is 5. The second-order valence-corrected chi connectivity index (χ2v) is 8.49. The molecule has 0 N–H and O–H groups in total. The molecule has 2 fully saturated rings. The number of hydrogen-bond acceptors (Lipinski definition) is 5. The van der Waals surface area contributed by atoms with Crippen LogP contribution in [0, 0.1) is 0 Å². The molecule has 1 amide bonds. The zero-order valence-electron chi connectivity index (χ0n) is 17.9. The number of carbonyl (C=O) groups excluding carboxylic acids is 1. The van der Waals surface area contributed by atoms with Crippen molar-refractivity contribution in [3.8, 4) is 11.3 Å². The molecule has 3 aromatic rings. The molecule has 31 heavy (non-hydrogen) atoms. The molecule has 0 saturated carbocycles. The van der Waals surface area contributed by atoms with E-state index in [2.05, 4.69) is 14.8 Å². The van der Waals surface area contributed by atoms with Crippen molar-refractivity contribution in [2.75, 3.05) is 52.4 Å². The van der Waals surface area contributed by atoms with E-state index in [0.717, 1.165) is 67.0 Å². The molecule has 0 aliphatic carbocycles. The fourth-order valence-electron chi connectivity index (χ4n) is 4.66. The third kappa shape index (κ3) is 4.45. The number of benzene rings is 1. The van der Waals surface area contributed by atoms with Crippen LogP contribution in [0.4, 0.5) is 0 Å². The summed E-state index contributed by atoms with van der Waals surface area (Å²) in [6.45, 7) is 8.19. The van der Waals surface area contributed by atoms with Gasteiger partial charge in [-0.15, -0.1) is 0 Å². The Morgan fingerprint density at radius 2 is 1.52 bits per heavy atom. The van der Waals surface area contributed by atoms with E-state index in [1.54, 1.807) is 12.4 Å². The molecule has 2 saturated heterocycles. The largest absolute Gasteiger partial charge is 0.336 e. The number of piperazine rings is 1.